The van der Waals surface area contributed by atoms with Crippen molar-refractivity contribution in [3.8, 4) is 0 Å². The molecule has 0 aliphatic carbocycles. The molecule has 0 amide bonds. The number of piperazine rings is 1. The fourth-order valence-corrected chi connectivity index (χ4v) is 2.65. The maximum Gasteiger partial charge on any atom is 0.126 e. The van der Waals surface area contributed by atoms with Crippen molar-refractivity contribution >= 4 is 0 Å². The topological polar surface area (TPSA) is 15.3 Å². The molecule has 0 radical (unpaired) electrons. The molecule has 2 nitrogen and oxygen atoms in total. The number of benzene rings is 1. The summed E-state index contributed by atoms with van der Waals surface area (Å²) >= 11 is 0. The zero-order valence-electron chi connectivity index (χ0n) is 11.7. The lowest BCUT2D eigenvalue weighted by atomic mass is 9.98. The van der Waals surface area contributed by atoms with Crippen LogP contribution in [0.15, 0.2) is 30.9 Å². The second kappa shape index (κ2) is 6.83. The molecule has 0 unspecified atom stereocenters. The van der Waals surface area contributed by atoms with Crippen molar-refractivity contribution in [3.63, 3.8) is 0 Å². The highest BCUT2D eigenvalue weighted by atomic mass is 19.1. The summed E-state index contributed by atoms with van der Waals surface area (Å²) in [5.74, 6) is -0.101. The van der Waals surface area contributed by atoms with Crippen molar-refractivity contribution in [2.45, 2.75) is 25.8 Å². The predicted molar refractivity (Wildman–Crippen MR) is 77.8 cm³/mol. The molecule has 1 aliphatic heterocycles. The lowest BCUT2D eigenvalue weighted by Crippen LogP contribution is -2.45. The van der Waals surface area contributed by atoms with Gasteiger partial charge in [0.1, 0.15) is 5.82 Å². The van der Waals surface area contributed by atoms with E-state index in [1.165, 1.54) is 0 Å². The van der Waals surface area contributed by atoms with Crippen LogP contribution in [0.4, 0.5) is 4.39 Å². The standard InChI is InChI=1S/C16H23FN2/c1-3-4-5-16(19-10-8-18-9-11-19)14-7-6-13(2)15(17)12-14/h3,6-7,12,16,18H,1,4-5,8-11H2,2H3/t16-/m0/s1. The first kappa shape index (κ1) is 14.2. The summed E-state index contributed by atoms with van der Waals surface area (Å²) in [7, 11) is 0. The van der Waals surface area contributed by atoms with Crippen LogP contribution in [0.25, 0.3) is 0 Å². The summed E-state index contributed by atoms with van der Waals surface area (Å²) in [5.41, 5.74) is 1.80. The van der Waals surface area contributed by atoms with Gasteiger partial charge in [0.05, 0.1) is 0 Å². The van der Waals surface area contributed by atoms with Crippen molar-refractivity contribution in [3.05, 3.63) is 47.8 Å². The Morgan fingerprint density at radius 1 is 1.42 bits per heavy atom. The van der Waals surface area contributed by atoms with Gasteiger partial charge in [-0.3, -0.25) is 4.90 Å². The van der Waals surface area contributed by atoms with E-state index in [4.69, 9.17) is 0 Å². The van der Waals surface area contributed by atoms with E-state index < -0.39 is 0 Å². The van der Waals surface area contributed by atoms with E-state index in [-0.39, 0.29) is 5.82 Å². The molecule has 0 saturated carbocycles. The molecule has 1 saturated heterocycles. The van der Waals surface area contributed by atoms with E-state index in [1.807, 2.05) is 19.1 Å². The average molecular weight is 262 g/mol. The van der Waals surface area contributed by atoms with Crippen LogP contribution in [-0.2, 0) is 0 Å². The van der Waals surface area contributed by atoms with E-state index in [9.17, 15) is 4.39 Å². The van der Waals surface area contributed by atoms with Crippen molar-refractivity contribution in [1.29, 1.82) is 0 Å². The first-order valence-corrected chi connectivity index (χ1v) is 7.04. The third-order valence-corrected chi connectivity index (χ3v) is 3.82. The van der Waals surface area contributed by atoms with Gasteiger partial charge in [0.15, 0.2) is 0 Å². The number of nitrogens with one attached hydrogen (secondary N) is 1. The molecular formula is C16H23FN2. The fourth-order valence-electron chi connectivity index (χ4n) is 2.65. The predicted octanol–water partition coefficient (Wildman–Crippen LogP) is 3.05. The number of rotatable bonds is 5. The van der Waals surface area contributed by atoms with Crippen molar-refractivity contribution in [2.75, 3.05) is 26.2 Å². The van der Waals surface area contributed by atoms with Gasteiger partial charge in [-0.05, 0) is 37.0 Å². The molecule has 0 aromatic heterocycles. The van der Waals surface area contributed by atoms with Crippen LogP contribution in [0.2, 0.25) is 0 Å². The summed E-state index contributed by atoms with van der Waals surface area (Å²) < 4.78 is 13.8. The lowest BCUT2D eigenvalue weighted by Gasteiger charge is -2.35. The van der Waals surface area contributed by atoms with Crippen LogP contribution in [0.5, 0.6) is 0 Å². The van der Waals surface area contributed by atoms with Gasteiger partial charge < -0.3 is 5.32 Å². The van der Waals surface area contributed by atoms with Crippen molar-refractivity contribution in [1.82, 2.24) is 10.2 Å². The third-order valence-electron chi connectivity index (χ3n) is 3.82. The van der Waals surface area contributed by atoms with Crippen LogP contribution < -0.4 is 5.32 Å². The Morgan fingerprint density at radius 3 is 2.79 bits per heavy atom. The molecular weight excluding hydrogens is 239 g/mol. The number of halogens is 1. The second-order valence-corrected chi connectivity index (χ2v) is 5.18. The van der Waals surface area contributed by atoms with Crippen LogP contribution >= 0.6 is 0 Å². The van der Waals surface area contributed by atoms with Gasteiger partial charge in [-0.1, -0.05) is 18.2 Å². The summed E-state index contributed by atoms with van der Waals surface area (Å²) in [6.07, 6.45) is 3.91. The van der Waals surface area contributed by atoms with E-state index >= 15 is 0 Å². The first-order valence-electron chi connectivity index (χ1n) is 7.04. The number of nitrogens with zero attached hydrogens (tertiary/aromatic N) is 1. The van der Waals surface area contributed by atoms with Gasteiger partial charge in [-0.25, -0.2) is 4.39 Å². The molecule has 1 fully saturated rings. The number of hydrogen-bond donors (Lipinski definition) is 1. The Morgan fingerprint density at radius 2 is 2.16 bits per heavy atom. The van der Waals surface area contributed by atoms with E-state index in [0.29, 0.717) is 11.6 Å². The number of aryl methyl sites for hydroxylation is 1. The van der Waals surface area contributed by atoms with Crippen LogP contribution in [-0.4, -0.2) is 31.1 Å². The van der Waals surface area contributed by atoms with Gasteiger partial charge in [0, 0.05) is 32.2 Å². The quantitative estimate of drug-likeness (QED) is 0.821. The molecule has 104 valence electrons. The van der Waals surface area contributed by atoms with Gasteiger partial charge in [-0.2, -0.15) is 0 Å². The minimum Gasteiger partial charge on any atom is -0.314 e. The SMILES string of the molecule is C=CCC[C@@H](c1ccc(C)c(F)c1)N1CCNCC1. The Kier molecular flexibility index (Phi) is 5.11. The molecule has 1 atom stereocenters. The van der Waals surface area contributed by atoms with Gasteiger partial charge in [0.2, 0.25) is 0 Å². The second-order valence-electron chi connectivity index (χ2n) is 5.18. The molecule has 1 aliphatic rings. The minimum absolute atomic E-state index is 0.101. The van der Waals surface area contributed by atoms with Crippen molar-refractivity contribution in [2.24, 2.45) is 0 Å². The van der Waals surface area contributed by atoms with E-state index in [0.717, 1.165) is 44.6 Å². The zero-order valence-corrected chi connectivity index (χ0v) is 11.7. The van der Waals surface area contributed by atoms with Crippen LogP contribution in [0.1, 0.15) is 30.0 Å². The monoisotopic (exact) mass is 262 g/mol. The summed E-state index contributed by atoms with van der Waals surface area (Å²) in [6, 6.07) is 5.95. The Labute approximate surface area is 115 Å². The molecule has 19 heavy (non-hydrogen) atoms. The maximum atomic E-state index is 13.8. The largest absolute Gasteiger partial charge is 0.314 e. The summed E-state index contributed by atoms with van der Waals surface area (Å²) in [5, 5.41) is 3.36. The highest BCUT2D eigenvalue weighted by Crippen LogP contribution is 2.27. The molecule has 0 bridgehead atoms. The summed E-state index contributed by atoms with van der Waals surface area (Å²) in [6.45, 7) is 9.68. The number of allylic oxidation sites excluding steroid dienone is 1. The third kappa shape index (κ3) is 3.64. The molecule has 2 rings (SSSR count). The molecule has 0 spiro atoms. The normalized spacial score (nSPS) is 18.2. The van der Waals surface area contributed by atoms with Crippen LogP contribution in [0.3, 0.4) is 0 Å². The minimum atomic E-state index is -0.101. The number of hydrogen-bond acceptors (Lipinski definition) is 2. The Hall–Kier alpha value is -1.19. The molecule has 1 aromatic carbocycles. The van der Waals surface area contributed by atoms with Gasteiger partial charge in [0.25, 0.3) is 0 Å². The van der Waals surface area contributed by atoms with Gasteiger partial charge in [-0.15, -0.1) is 6.58 Å². The molecule has 1 heterocycles. The average Bonchev–Trinajstić information content (AvgIpc) is 2.44. The molecule has 1 N–H and O–H groups in total. The van der Waals surface area contributed by atoms with Crippen molar-refractivity contribution < 1.29 is 4.39 Å². The smallest absolute Gasteiger partial charge is 0.126 e. The highest BCUT2D eigenvalue weighted by molar-refractivity contribution is 5.26. The van der Waals surface area contributed by atoms with Crippen LogP contribution in [0, 0.1) is 12.7 Å². The maximum absolute atomic E-state index is 13.8. The molecule has 1 aromatic rings. The fraction of sp³-hybridized carbons (Fsp3) is 0.500. The lowest BCUT2D eigenvalue weighted by molar-refractivity contribution is 0.166. The zero-order chi connectivity index (χ0) is 13.7. The summed E-state index contributed by atoms with van der Waals surface area (Å²) in [4.78, 5) is 2.45. The Balaban J connectivity index is 2.19. The van der Waals surface area contributed by atoms with Gasteiger partial charge >= 0.3 is 0 Å². The highest BCUT2D eigenvalue weighted by Gasteiger charge is 2.22. The first-order chi connectivity index (χ1) is 9.22. The van der Waals surface area contributed by atoms with E-state index in [1.54, 1.807) is 6.07 Å². The van der Waals surface area contributed by atoms with E-state index in [2.05, 4.69) is 22.9 Å². The Bertz CT molecular complexity index is 425. The molecule has 3 heteroatoms.